The first-order valence-electron chi connectivity index (χ1n) is 8.51. The highest BCUT2D eigenvalue weighted by Crippen LogP contribution is 2.29. The van der Waals surface area contributed by atoms with Gasteiger partial charge in [-0.3, -0.25) is 0 Å². The Hall–Kier alpha value is -1.26. The average molecular weight is 383 g/mol. The molecular formula is C20H28Cl2N2O. The Kier molecular flexibility index (Phi) is 9.91. The van der Waals surface area contributed by atoms with Crippen LogP contribution in [0.25, 0.3) is 11.1 Å². The van der Waals surface area contributed by atoms with E-state index in [0.717, 1.165) is 25.3 Å². The van der Waals surface area contributed by atoms with E-state index in [4.69, 9.17) is 4.74 Å². The van der Waals surface area contributed by atoms with E-state index in [0.29, 0.717) is 0 Å². The number of ether oxygens (including phenoxy) is 1. The second-order valence-electron chi connectivity index (χ2n) is 6.21. The monoisotopic (exact) mass is 382 g/mol. The normalized spacial score (nSPS) is 15.1. The van der Waals surface area contributed by atoms with Crippen LogP contribution in [-0.4, -0.2) is 56.2 Å². The smallest absolute Gasteiger partial charge is 0.127 e. The molecule has 1 aliphatic rings. The van der Waals surface area contributed by atoms with Crippen molar-refractivity contribution in [3.63, 3.8) is 0 Å². The third-order valence-electron chi connectivity index (χ3n) is 4.44. The molecule has 5 heteroatoms. The molecule has 0 bridgehead atoms. The first kappa shape index (κ1) is 21.8. The third-order valence-corrected chi connectivity index (χ3v) is 4.44. The molecule has 0 amide bonds. The minimum Gasteiger partial charge on any atom is -0.493 e. The molecule has 0 aliphatic carbocycles. The molecule has 0 atom stereocenters. The molecule has 1 fully saturated rings. The van der Waals surface area contributed by atoms with Crippen LogP contribution in [0.2, 0.25) is 0 Å². The molecule has 1 aliphatic heterocycles. The Morgan fingerprint density at radius 1 is 0.840 bits per heavy atom. The molecule has 0 spiro atoms. The summed E-state index contributed by atoms with van der Waals surface area (Å²) in [6, 6.07) is 18.8. The Morgan fingerprint density at radius 2 is 1.48 bits per heavy atom. The van der Waals surface area contributed by atoms with E-state index in [9.17, 15) is 0 Å². The van der Waals surface area contributed by atoms with E-state index in [-0.39, 0.29) is 24.8 Å². The fourth-order valence-electron chi connectivity index (χ4n) is 2.99. The number of benzene rings is 2. The van der Waals surface area contributed by atoms with Crippen LogP contribution in [0.15, 0.2) is 54.6 Å². The first-order chi connectivity index (χ1) is 11.3. The van der Waals surface area contributed by atoms with Gasteiger partial charge in [-0.15, -0.1) is 24.8 Å². The van der Waals surface area contributed by atoms with Gasteiger partial charge in [-0.2, -0.15) is 0 Å². The van der Waals surface area contributed by atoms with Gasteiger partial charge in [0, 0.05) is 38.3 Å². The lowest BCUT2D eigenvalue weighted by Crippen LogP contribution is -2.44. The lowest BCUT2D eigenvalue weighted by Gasteiger charge is -2.32. The van der Waals surface area contributed by atoms with Crippen molar-refractivity contribution in [1.82, 2.24) is 9.80 Å². The molecule has 3 nitrogen and oxygen atoms in total. The zero-order valence-electron chi connectivity index (χ0n) is 14.8. The van der Waals surface area contributed by atoms with Crippen LogP contribution in [0.1, 0.15) is 6.42 Å². The van der Waals surface area contributed by atoms with E-state index < -0.39 is 0 Å². The number of piperazine rings is 1. The van der Waals surface area contributed by atoms with Gasteiger partial charge in [0.05, 0.1) is 6.61 Å². The average Bonchev–Trinajstić information content (AvgIpc) is 2.61. The predicted molar refractivity (Wildman–Crippen MR) is 110 cm³/mol. The molecule has 3 rings (SSSR count). The van der Waals surface area contributed by atoms with E-state index in [1.807, 2.05) is 12.1 Å². The molecule has 0 unspecified atom stereocenters. The molecule has 1 heterocycles. The van der Waals surface area contributed by atoms with Crippen molar-refractivity contribution in [2.75, 3.05) is 46.4 Å². The highest BCUT2D eigenvalue weighted by molar-refractivity contribution is 5.85. The Labute approximate surface area is 163 Å². The van der Waals surface area contributed by atoms with E-state index in [1.165, 1.54) is 37.3 Å². The number of para-hydroxylation sites is 1. The van der Waals surface area contributed by atoms with Crippen LogP contribution in [0.5, 0.6) is 5.75 Å². The van der Waals surface area contributed by atoms with Gasteiger partial charge >= 0.3 is 0 Å². The highest BCUT2D eigenvalue weighted by Gasteiger charge is 2.13. The van der Waals surface area contributed by atoms with E-state index >= 15 is 0 Å². The summed E-state index contributed by atoms with van der Waals surface area (Å²) in [6.45, 7) is 6.61. The van der Waals surface area contributed by atoms with Crippen LogP contribution in [0, 0.1) is 0 Å². The quantitative estimate of drug-likeness (QED) is 0.695. The van der Waals surface area contributed by atoms with Crippen LogP contribution in [-0.2, 0) is 0 Å². The van der Waals surface area contributed by atoms with Crippen molar-refractivity contribution in [1.29, 1.82) is 0 Å². The Balaban J connectivity index is 0.00000156. The maximum Gasteiger partial charge on any atom is 0.127 e. The summed E-state index contributed by atoms with van der Waals surface area (Å²) in [5.41, 5.74) is 2.38. The van der Waals surface area contributed by atoms with Gasteiger partial charge in [-0.1, -0.05) is 48.5 Å². The number of halogens is 2. The summed E-state index contributed by atoms with van der Waals surface area (Å²) in [4.78, 5) is 4.93. The molecule has 0 saturated carbocycles. The summed E-state index contributed by atoms with van der Waals surface area (Å²) in [6.07, 6.45) is 1.08. The summed E-state index contributed by atoms with van der Waals surface area (Å²) in [5.74, 6) is 0.983. The van der Waals surface area contributed by atoms with Gasteiger partial charge in [0.15, 0.2) is 0 Å². The highest BCUT2D eigenvalue weighted by atomic mass is 35.5. The second kappa shape index (κ2) is 11.4. The van der Waals surface area contributed by atoms with Crippen molar-refractivity contribution in [3.8, 4) is 16.9 Å². The topological polar surface area (TPSA) is 15.7 Å². The molecule has 0 radical (unpaired) electrons. The number of rotatable bonds is 6. The number of hydrogen-bond acceptors (Lipinski definition) is 3. The minimum atomic E-state index is 0. The van der Waals surface area contributed by atoms with Crippen LogP contribution in [0.4, 0.5) is 0 Å². The lowest BCUT2D eigenvalue weighted by atomic mass is 10.1. The van der Waals surface area contributed by atoms with Crippen molar-refractivity contribution in [3.05, 3.63) is 54.6 Å². The van der Waals surface area contributed by atoms with E-state index in [2.05, 4.69) is 59.3 Å². The van der Waals surface area contributed by atoms with Crippen molar-refractivity contribution < 1.29 is 4.74 Å². The largest absolute Gasteiger partial charge is 0.493 e. The maximum absolute atomic E-state index is 6.07. The summed E-state index contributed by atoms with van der Waals surface area (Å²) < 4.78 is 6.07. The summed E-state index contributed by atoms with van der Waals surface area (Å²) in [5, 5.41) is 0. The molecule has 2 aromatic rings. The molecule has 0 N–H and O–H groups in total. The van der Waals surface area contributed by atoms with Gasteiger partial charge in [0.1, 0.15) is 5.75 Å². The zero-order valence-corrected chi connectivity index (χ0v) is 16.4. The molecular weight excluding hydrogens is 355 g/mol. The number of likely N-dealkylation sites (N-methyl/N-ethyl adjacent to an activating group) is 1. The van der Waals surface area contributed by atoms with Gasteiger partial charge in [-0.05, 0) is 25.1 Å². The second-order valence-corrected chi connectivity index (χ2v) is 6.21. The summed E-state index contributed by atoms with van der Waals surface area (Å²) >= 11 is 0. The Morgan fingerprint density at radius 3 is 2.20 bits per heavy atom. The minimum absolute atomic E-state index is 0. The van der Waals surface area contributed by atoms with Gasteiger partial charge in [0.2, 0.25) is 0 Å². The predicted octanol–water partition coefficient (Wildman–Crippen LogP) is 4.21. The van der Waals surface area contributed by atoms with Crippen molar-refractivity contribution in [2.45, 2.75) is 6.42 Å². The number of nitrogens with zero attached hydrogens (tertiary/aromatic N) is 2. The molecule has 0 aromatic heterocycles. The van der Waals surface area contributed by atoms with Gasteiger partial charge in [-0.25, -0.2) is 0 Å². The Bertz CT molecular complexity index is 602. The zero-order chi connectivity index (χ0) is 15.9. The van der Waals surface area contributed by atoms with Gasteiger partial charge in [0.25, 0.3) is 0 Å². The summed E-state index contributed by atoms with van der Waals surface area (Å²) in [7, 11) is 2.20. The van der Waals surface area contributed by atoms with Crippen LogP contribution >= 0.6 is 24.8 Å². The third kappa shape index (κ3) is 6.52. The fourth-order valence-corrected chi connectivity index (χ4v) is 2.99. The molecule has 1 saturated heterocycles. The molecule has 25 heavy (non-hydrogen) atoms. The maximum atomic E-state index is 6.07. The lowest BCUT2D eigenvalue weighted by molar-refractivity contribution is 0.145. The fraction of sp³-hybridized carbons (Fsp3) is 0.400. The van der Waals surface area contributed by atoms with Crippen LogP contribution in [0.3, 0.4) is 0 Å². The van der Waals surface area contributed by atoms with E-state index in [1.54, 1.807) is 0 Å². The molecule has 138 valence electrons. The standard InChI is InChI=1S/C20H26N2O.2ClH/c1-21-13-15-22(16-14-21)12-7-17-23-20-11-6-5-10-19(20)18-8-3-2-4-9-18;;/h2-6,8-11H,7,12-17H2,1H3;2*1H. The van der Waals surface area contributed by atoms with Crippen molar-refractivity contribution >= 4 is 24.8 Å². The number of hydrogen-bond donors (Lipinski definition) is 0. The van der Waals surface area contributed by atoms with Crippen molar-refractivity contribution in [2.24, 2.45) is 0 Å². The van der Waals surface area contributed by atoms with Crippen LogP contribution < -0.4 is 4.74 Å². The first-order valence-corrected chi connectivity index (χ1v) is 8.51. The van der Waals surface area contributed by atoms with Gasteiger partial charge < -0.3 is 14.5 Å². The SMILES string of the molecule is CN1CCN(CCCOc2ccccc2-c2ccccc2)CC1.Cl.Cl. The molecule has 2 aromatic carbocycles.